The molecule has 0 aliphatic rings. The number of imidazole rings is 1. The summed E-state index contributed by atoms with van der Waals surface area (Å²) < 4.78 is 44.2. The number of hydrogen-bond donors (Lipinski definition) is 1. The molecule has 1 aromatic heterocycles. The second kappa shape index (κ2) is 10.7. The zero-order chi connectivity index (χ0) is 27.6. The lowest BCUT2D eigenvalue weighted by Gasteiger charge is -2.16. The van der Waals surface area contributed by atoms with Gasteiger partial charge in [-0.1, -0.05) is 39.0 Å². The van der Waals surface area contributed by atoms with Crippen LogP contribution in [0.5, 0.6) is 17.2 Å². The molecule has 0 saturated carbocycles. The van der Waals surface area contributed by atoms with E-state index in [9.17, 15) is 18.0 Å². The number of ketones is 1. The standard InChI is InChI=1S/C28H31N3O6S.H2/c1-6-13-36-20-10-8-11-21(15-20)37-26-17-25-24(30(4)28(33)31(25)5)16-23(26)29-38(34,35)22-12-7-9-19(14-22)27(32)18(2)3;/h7-12,14-18,29H,6,13H2,1-5H3;1H. The highest BCUT2D eigenvalue weighted by Crippen LogP contribution is 2.36. The zero-order valence-corrected chi connectivity index (χ0v) is 22.8. The molecule has 4 aromatic rings. The van der Waals surface area contributed by atoms with E-state index in [1.807, 2.05) is 13.0 Å². The van der Waals surface area contributed by atoms with Crippen molar-refractivity contribution < 1.29 is 24.1 Å². The average Bonchev–Trinajstić information content (AvgIpc) is 3.10. The van der Waals surface area contributed by atoms with Gasteiger partial charge in [0.05, 0.1) is 28.2 Å². The van der Waals surface area contributed by atoms with E-state index < -0.39 is 10.0 Å². The van der Waals surface area contributed by atoms with Gasteiger partial charge in [-0.15, -0.1) is 0 Å². The number of fused-ring (bicyclic) bond motifs is 1. The van der Waals surface area contributed by atoms with Crippen LogP contribution in [0.4, 0.5) is 5.69 Å². The minimum Gasteiger partial charge on any atom is -0.493 e. The molecule has 4 rings (SSSR count). The number of anilines is 1. The fourth-order valence-electron chi connectivity index (χ4n) is 4.02. The van der Waals surface area contributed by atoms with Crippen molar-refractivity contribution in [3.05, 3.63) is 76.7 Å². The first-order valence-electron chi connectivity index (χ1n) is 12.3. The molecular weight excluding hydrogens is 506 g/mol. The normalized spacial score (nSPS) is 11.6. The van der Waals surface area contributed by atoms with Crippen LogP contribution in [0, 0.1) is 5.92 Å². The van der Waals surface area contributed by atoms with Gasteiger partial charge in [-0.25, -0.2) is 13.2 Å². The van der Waals surface area contributed by atoms with Gasteiger partial charge in [-0.2, -0.15) is 0 Å². The molecule has 0 bridgehead atoms. The van der Waals surface area contributed by atoms with Gasteiger partial charge in [-0.3, -0.25) is 18.7 Å². The van der Waals surface area contributed by atoms with E-state index >= 15 is 0 Å². The van der Waals surface area contributed by atoms with Gasteiger partial charge in [-0.05, 0) is 36.8 Å². The third-order valence-corrected chi connectivity index (χ3v) is 7.44. The van der Waals surface area contributed by atoms with Crippen LogP contribution in [0.1, 0.15) is 39.0 Å². The molecule has 1 heterocycles. The molecule has 0 unspecified atom stereocenters. The highest BCUT2D eigenvalue weighted by molar-refractivity contribution is 7.92. The van der Waals surface area contributed by atoms with Crippen LogP contribution < -0.4 is 19.9 Å². The summed E-state index contributed by atoms with van der Waals surface area (Å²) in [6, 6.07) is 16.1. The number of hydrogen-bond acceptors (Lipinski definition) is 6. The monoisotopic (exact) mass is 539 g/mol. The predicted octanol–water partition coefficient (Wildman–Crippen LogP) is 5.34. The summed E-state index contributed by atoms with van der Waals surface area (Å²) in [6.07, 6.45) is 0.847. The number of carbonyl (C=O) groups excluding carboxylic acids is 1. The molecule has 0 saturated heterocycles. The van der Waals surface area contributed by atoms with Gasteiger partial charge >= 0.3 is 5.69 Å². The number of nitrogens with one attached hydrogen (secondary N) is 1. The van der Waals surface area contributed by atoms with Crippen LogP contribution in [0.3, 0.4) is 0 Å². The fourth-order valence-corrected chi connectivity index (χ4v) is 5.12. The van der Waals surface area contributed by atoms with Crippen molar-refractivity contribution in [1.29, 1.82) is 0 Å². The van der Waals surface area contributed by atoms with Gasteiger partial charge in [0.15, 0.2) is 11.5 Å². The van der Waals surface area contributed by atoms with E-state index in [1.54, 1.807) is 64.3 Å². The van der Waals surface area contributed by atoms with Gasteiger partial charge in [0.2, 0.25) is 0 Å². The number of ether oxygens (including phenoxy) is 2. The van der Waals surface area contributed by atoms with E-state index in [0.29, 0.717) is 34.7 Å². The number of aryl methyl sites for hydroxylation is 2. The van der Waals surface area contributed by atoms with Crippen molar-refractivity contribution in [2.75, 3.05) is 11.3 Å². The zero-order valence-electron chi connectivity index (χ0n) is 22.0. The SMILES string of the molecule is CCCOc1cccc(Oc2cc3c(cc2NS(=O)(=O)c2cccc(C(=O)C(C)C)c2)n(C)c(=O)n3C)c1.[HH]. The molecule has 202 valence electrons. The minimum atomic E-state index is -4.12. The number of benzene rings is 3. The quantitative estimate of drug-likeness (QED) is 0.272. The lowest BCUT2D eigenvalue weighted by Crippen LogP contribution is -2.19. The topological polar surface area (TPSA) is 109 Å². The largest absolute Gasteiger partial charge is 0.493 e. The summed E-state index contributed by atoms with van der Waals surface area (Å²) in [5.41, 5.74) is 1.27. The number of nitrogens with zero attached hydrogens (tertiary/aromatic N) is 2. The number of Topliss-reactive ketones (excluding diaryl/α,β-unsaturated/α-hetero) is 1. The second-order valence-corrected chi connectivity index (χ2v) is 11.0. The van der Waals surface area contributed by atoms with Crippen molar-refractivity contribution in [3.8, 4) is 17.2 Å². The molecule has 10 heteroatoms. The second-order valence-electron chi connectivity index (χ2n) is 9.32. The van der Waals surface area contributed by atoms with E-state index in [4.69, 9.17) is 9.47 Å². The Morgan fingerprint density at radius 3 is 2.32 bits per heavy atom. The third kappa shape index (κ3) is 5.45. The maximum atomic E-state index is 13.4. The molecule has 0 aliphatic heterocycles. The molecule has 3 aromatic carbocycles. The maximum absolute atomic E-state index is 13.4. The smallest absolute Gasteiger partial charge is 0.328 e. The van der Waals surface area contributed by atoms with Crippen molar-refractivity contribution in [1.82, 2.24) is 9.13 Å². The van der Waals surface area contributed by atoms with E-state index in [1.165, 1.54) is 27.3 Å². The first kappa shape index (κ1) is 27.0. The summed E-state index contributed by atoms with van der Waals surface area (Å²) in [7, 11) is -0.872. The molecule has 0 atom stereocenters. The Morgan fingerprint density at radius 2 is 1.63 bits per heavy atom. The highest BCUT2D eigenvalue weighted by atomic mass is 32.2. The Bertz CT molecular complexity index is 1670. The number of aromatic nitrogens is 2. The van der Waals surface area contributed by atoms with Crippen molar-refractivity contribution in [3.63, 3.8) is 0 Å². The van der Waals surface area contributed by atoms with Crippen LogP contribution in [0.2, 0.25) is 0 Å². The first-order chi connectivity index (χ1) is 18.0. The first-order valence-corrected chi connectivity index (χ1v) is 13.8. The number of rotatable bonds is 10. The summed E-state index contributed by atoms with van der Waals surface area (Å²) in [4.78, 5) is 25.0. The van der Waals surface area contributed by atoms with E-state index in [0.717, 1.165) is 6.42 Å². The van der Waals surface area contributed by atoms with Crippen molar-refractivity contribution in [2.45, 2.75) is 32.1 Å². The maximum Gasteiger partial charge on any atom is 0.328 e. The van der Waals surface area contributed by atoms with Crippen LogP contribution in [0.25, 0.3) is 11.0 Å². The minimum absolute atomic E-state index is 0. The van der Waals surface area contributed by atoms with Crippen molar-refractivity contribution in [2.24, 2.45) is 20.0 Å². The molecule has 0 radical (unpaired) electrons. The lowest BCUT2D eigenvalue weighted by molar-refractivity contribution is 0.0939. The van der Waals surface area contributed by atoms with E-state index in [2.05, 4.69) is 4.72 Å². The molecule has 0 spiro atoms. The molecule has 0 amide bonds. The van der Waals surface area contributed by atoms with Gasteiger partial charge in [0, 0.05) is 39.1 Å². The summed E-state index contributed by atoms with van der Waals surface area (Å²) >= 11 is 0. The van der Waals surface area contributed by atoms with Gasteiger partial charge in [0.25, 0.3) is 10.0 Å². The molecule has 9 nitrogen and oxygen atoms in total. The van der Waals surface area contributed by atoms with Crippen LogP contribution in [-0.2, 0) is 24.1 Å². The van der Waals surface area contributed by atoms with Gasteiger partial charge < -0.3 is 9.47 Å². The van der Waals surface area contributed by atoms with Crippen LogP contribution in [0.15, 0.2) is 70.4 Å². The fraction of sp³-hybridized carbons (Fsp3) is 0.286. The summed E-state index contributed by atoms with van der Waals surface area (Å²) in [6.45, 7) is 6.07. The molecular formula is C28H33N3O6S. The number of carbonyl (C=O) groups is 1. The Labute approximate surface area is 223 Å². The number of sulfonamides is 1. The Balaban J connectivity index is 0.00000420. The third-order valence-electron chi connectivity index (χ3n) is 6.08. The molecule has 0 aliphatic carbocycles. The highest BCUT2D eigenvalue weighted by Gasteiger charge is 2.22. The Hall–Kier alpha value is -4.05. The van der Waals surface area contributed by atoms with Crippen molar-refractivity contribution >= 4 is 32.5 Å². The van der Waals surface area contributed by atoms with Crippen LogP contribution >= 0.6 is 0 Å². The Morgan fingerprint density at radius 1 is 0.974 bits per heavy atom. The van der Waals surface area contributed by atoms with Gasteiger partial charge in [0.1, 0.15) is 11.5 Å². The van der Waals surface area contributed by atoms with Crippen LogP contribution in [-0.4, -0.2) is 29.9 Å². The molecule has 38 heavy (non-hydrogen) atoms. The van der Waals surface area contributed by atoms with E-state index in [-0.39, 0.29) is 35.1 Å². The average molecular weight is 540 g/mol. The summed E-state index contributed by atoms with van der Waals surface area (Å²) in [5.74, 6) is 0.816. The predicted molar refractivity (Wildman–Crippen MR) is 149 cm³/mol. The Kier molecular flexibility index (Phi) is 7.63. The molecule has 1 N–H and O–H groups in total. The molecule has 0 fully saturated rings. The summed E-state index contributed by atoms with van der Waals surface area (Å²) in [5, 5.41) is 0. The lowest BCUT2D eigenvalue weighted by atomic mass is 10.0.